The molecule has 17 heavy (non-hydrogen) atoms. The van der Waals surface area contributed by atoms with Crippen molar-refractivity contribution in [3.63, 3.8) is 0 Å². The van der Waals surface area contributed by atoms with Crippen LogP contribution in [-0.4, -0.2) is 20.2 Å². The number of halogens is 2. The van der Waals surface area contributed by atoms with Crippen LogP contribution in [-0.2, 0) is 0 Å². The van der Waals surface area contributed by atoms with Gasteiger partial charge in [-0.2, -0.15) is 10.1 Å². The van der Waals surface area contributed by atoms with Gasteiger partial charge >= 0.3 is 0 Å². The summed E-state index contributed by atoms with van der Waals surface area (Å²) in [6, 6.07) is 2.02. The highest BCUT2D eigenvalue weighted by molar-refractivity contribution is 14.1. The molecule has 2 N–H and O–H groups in total. The van der Waals surface area contributed by atoms with Gasteiger partial charge in [-0.15, -0.1) is 0 Å². The van der Waals surface area contributed by atoms with E-state index in [1.54, 1.807) is 6.20 Å². The van der Waals surface area contributed by atoms with E-state index in [2.05, 4.69) is 48.1 Å². The van der Waals surface area contributed by atoms with Gasteiger partial charge in [-0.3, -0.25) is 5.10 Å². The Kier molecular flexibility index (Phi) is 2.91. The third kappa shape index (κ3) is 2.52. The average molecular weight is 362 g/mol. The summed E-state index contributed by atoms with van der Waals surface area (Å²) in [5.74, 6) is 2.10. The molecule has 2 heterocycles. The van der Waals surface area contributed by atoms with Gasteiger partial charge in [0.25, 0.3) is 0 Å². The van der Waals surface area contributed by atoms with E-state index >= 15 is 0 Å². The Bertz CT molecular complexity index is 551. The summed E-state index contributed by atoms with van der Waals surface area (Å²) in [6.45, 7) is 0. The average Bonchev–Trinajstić information content (AvgIpc) is 3.05. The molecule has 7 heteroatoms. The standard InChI is InChI=1S/C10H9ClIN5/c11-10-13-4-6(12)9(15-10)14-8-3-7(16-17-8)5-1-2-5/h3-5H,1-2H2,(H2,13,14,15,16,17). The van der Waals surface area contributed by atoms with Crippen LogP contribution in [0.25, 0.3) is 0 Å². The second-order valence-corrected chi connectivity index (χ2v) is 5.44. The Morgan fingerprint density at radius 3 is 3.06 bits per heavy atom. The van der Waals surface area contributed by atoms with Crippen molar-refractivity contribution < 1.29 is 0 Å². The molecule has 1 fully saturated rings. The van der Waals surface area contributed by atoms with Crippen molar-refractivity contribution in [2.24, 2.45) is 0 Å². The molecule has 0 atom stereocenters. The smallest absolute Gasteiger partial charge is 0.224 e. The Labute approximate surface area is 117 Å². The van der Waals surface area contributed by atoms with E-state index in [9.17, 15) is 0 Å². The van der Waals surface area contributed by atoms with E-state index in [1.165, 1.54) is 18.5 Å². The lowest BCUT2D eigenvalue weighted by Gasteiger charge is -2.03. The molecule has 1 saturated carbocycles. The maximum Gasteiger partial charge on any atom is 0.224 e. The number of nitrogens with zero attached hydrogens (tertiary/aromatic N) is 3. The number of rotatable bonds is 3. The summed E-state index contributed by atoms with van der Waals surface area (Å²) in [7, 11) is 0. The molecule has 0 spiro atoms. The molecule has 2 aromatic rings. The predicted octanol–water partition coefficient (Wildman–Crippen LogP) is 3.08. The number of aromatic nitrogens is 4. The molecule has 0 radical (unpaired) electrons. The van der Waals surface area contributed by atoms with Crippen LogP contribution in [0.3, 0.4) is 0 Å². The minimum atomic E-state index is 0.228. The van der Waals surface area contributed by atoms with Crippen LogP contribution in [0.1, 0.15) is 24.5 Å². The zero-order valence-corrected chi connectivity index (χ0v) is 11.7. The summed E-state index contributed by atoms with van der Waals surface area (Å²) in [6.07, 6.45) is 4.17. The molecule has 1 aliphatic rings. The van der Waals surface area contributed by atoms with Gasteiger partial charge in [0, 0.05) is 23.9 Å². The monoisotopic (exact) mass is 361 g/mol. The Morgan fingerprint density at radius 1 is 1.47 bits per heavy atom. The maximum atomic E-state index is 5.75. The van der Waals surface area contributed by atoms with Crippen LogP contribution < -0.4 is 5.32 Å². The third-order valence-corrected chi connectivity index (χ3v) is 3.55. The highest BCUT2D eigenvalue weighted by Gasteiger charge is 2.25. The number of aromatic amines is 1. The lowest BCUT2D eigenvalue weighted by atomic mass is 10.3. The fraction of sp³-hybridized carbons (Fsp3) is 0.300. The maximum absolute atomic E-state index is 5.75. The number of nitrogens with one attached hydrogen (secondary N) is 2. The van der Waals surface area contributed by atoms with E-state index in [1.807, 2.05) is 6.07 Å². The molecule has 2 aromatic heterocycles. The predicted molar refractivity (Wildman–Crippen MR) is 73.6 cm³/mol. The van der Waals surface area contributed by atoms with Gasteiger partial charge in [-0.1, -0.05) is 0 Å². The quantitative estimate of drug-likeness (QED) is 0.651. The van der Waals surface area contributed by atoms with Crippen LogP contribution in [0.4, 0.5) is 11.6 Å². The van der Waals surface area contributed by atoms with Gasteiger partial charge in [-0.25, -0.2) is 4.98 Å². The fourth-order valence-electron chi connectivity index (χ4n) is 1.56. The summed E-state index contributed by atoms with van der Waals surface area (Å²) < 4.78 is 0.906. The summed E-state index contributed by atoms with van der Waals surface area (Å²) >= 11 is 7.91. The molecule has 0 bridgehead atoms. The molecular weight excluding hydrogens is 353 g/mol. The minimum Gasteiger partial charge on any atom is -0.322 e. The zero-order chi connectivity index (χ0) is 11.8. The second kappa shape index (κ2) is 4.41. The highest BCUT2D eigenvalue weighted by atomic mass is 127. The SMILES string of the molecule is Clc1ncc(I)c(Nc2cc(C3CC3)[nH]n2)n1. The number of H-pyrrole nitrogens is 1. The molecule has 0 aromatic carbocycles. The minimum absolute atomic E-state index is 0.228. The zero-order valence-electron chi connectivity index (χ0n) is 8.74. The van der Waals surface area contributed by atoms with E-state index in [0.717, 1.165) is 9.39 Å². The molecule has 0 amide bonds. The van der Waals surface area contributed by atoms with Gasteiger partial charge in [-0.05, 0) is 47.0 Å². The van der Waals surface area contributed by atoms with Gasteiger partial charge in [0.1, 0.15) is 5.82 Å². The second-order valence-electron chi connectivity index (χ2n) is 3.94. The number of hydrogen-bond acceptors (Lipinski definition) is 4. The van der Waals surface area contributed by atoms with Crippen molar-refractivity contribution in [1.82, 2.24) is 20.2 Å². The molecule has 88 valence electrons. The highest BCUT2D eigenvalue weighted by Crippen LogP contribution is 2.39. The van der Waals surface area contributed by atoms with Crippen molar-refractivity contribution in [3.05, 3.63) is 26.8 Å². The summed E-state index contributed by atoms with van der Waals surface area (Å²) in [5, 5.41) is 10.6. The molecule has 0 saturated heterocycles. The van der Waals surface area contributed by atoms with Crippen molar-refractivity contribution >= 4 is 45.8 Å². The van der Waals surface area contributed by atoms with Crippen LogP contribution in [0.15, 0.2) is 12.3 Å². The van der Waals surface area contributed by atoms with Crippen molar-refractivity contribution in [1.29, 1.82) is 0 Å². The van der Waals surface area contributed by atoms with Crippen LogP contribution in [0.5, 0.6) is 0 Å². The van der Waals surface area contributed by atoms with E-state index in [0.29, 0.717) is 11.7 Å². The van der Waals surface area contributed by atoms with Crippen molar-refractivity contribution in [2.45, 2.75) is 18.8 Å². The van der Waals surface area contributed by atoms with Crippen molar-refractivity contribution in [2.75, 3.05) is 5.32 Å². The first-order valence-corrected chi connectivity index (χ1v) is 6.68. The van der Waals surface area contributed by atoms with E-state index < -0.39 is 0 Å². The lowest BCUT2D eigenvalue weighted by Crippen LogP contribution is -1.98. The topological polar surface area (TPSA) is 66.5 Å². The molecule has 0 aliphatic heterocycles. The largest absolute Gasteiger partial charge is 0.322 e. The Morgan fingerprint density at radius 2 is 2.29 bits per heavy atom. The lowest BCUT2D eigenvalue weighted by molar-refractivity contribution is 0.966. The Hall–Kier alpha value is -0.890. The van der Waals surface area contributed by atoms with E-state index in [4.69, 9.17) is 11.6 Å². The number of anilines is 2. The molecule has 1 aliphatic carbocycles. The molecule has 5 nitrogen and oxygen atoms in total. The van der Waals surface area contributed by atoms with Crippen molar-refractivity contribution in [3.8, 4) is 0 Å². The van der Waals surface area contributed by atoms with E-state index in [-0.39, 0.29) is 5.28 Å². The first kappa shape index (κ1) is 11.2. The third-order valence-electron chi connectivity index (χ3n) is 2.58. The van der Waals surface area contributed by atoms with Crippen LogP contribution in [0.2, 0.25) is 5.28 Å². The van der Waals surface area contributed by atoms with Gasteiger partial charge < -0.3 is 5.32 Å². The van der Waals surface area contributed by atoms with Gasteiger partial charge in [0.2, 0.25) is 5.28 Å². The molecule has 0 unspecified atom stereocenters. The number of hydrogen-bond donors (Lipinski definition) is 2. The Balaban J connectivity index is 1.82. The first-order valence-electron chi connectivity index (χ1n) is 5.23. The first-order chi connectivity index (χ1) is 8.22. The molecule has 3 rings (SSSR count). The fourth-order valence-corrected chi connectivity index (χ4v) is 2.09. The van der Waals surface area contributed by atoms with Crippen LogP contribution >= 0.6 is 34.2 Å². The van der Waals surface area contributed by atoms with Gasteiger partial charge in [0.05, 0.1) is 3.57 Å². The summed E-state index contributed by atoms with van der Waals surface area (Å²) in [5.41, 5.74) is 1.18. The molecular formula is C10H9ClIN5. The summed E-state index contributed by atoms with van der Waals surface area (Å²) in [4.78, 5) is 8.02. The van der Waals surface area contributed by atoms with Crippen LogP contribution in [0, 0.1) is 3.57 Å². The van der Waals surface area contributed by atoms with Gasteiger partial charge in [0.15, 0.2) is 5.82 Å². The normalized spacial score (nSPS) is 14.9.